The average Bonchev–Trinajstić information content (AvgIpc) is 2.31. The van der Waals surface area contributed by atoms with Crippen molar-refractivity contribution in [2.45, 2.75) is 12.8 Å². The van der Waals surface area contributed by atoms with Crippen molar-refractivity contribution in [3.8, 4) is 0 Å². The lowest BCUT2D eigenvalue weighted by molar-refractivity contribution is 0.198. The summed E-state index contributed by atoms with van der Waals surface area (Å²) in [5.41, 5.74) is 0. The monoisotopic (exact) mass is 204 g/mol. The molecule has 0 aromatic heterocycles. The molecule has 0 aliphatic carbocycles. The van der Waals surface area contributed by atoms with E-state index in [-0.39, 0.29) is 0 Å². The van der Waals surface area contributed by atoms with Gasteiger partial charge >= 0.3 is 0 Å². The van der Waals surface area contributed by atoms with Gasteiger partial charge in [-0.15, -0.1) is 6.58 Å². The highest BCUT2D eigenvalue weighted by molar-refractivity contribution is 5.29. The highest BCUT2D eigenvalue weighted by Crippen LogP contribution is 2.27. The van der Waals surface area contributed by atoms with Gasteiger partial charge in [-0.3, -0.25) is 0 Å². The normalized spacial score (nSPS) is 18.8. The molecule has 3 heteroatoms. The molecule has 0 radical (unpaired) electrons. The Morgan fingerprint density at radius 3 is 2.80 bits per heavy atom. The van der Waals surface area contributed by atoms with E-state index in [9.17, 15) is 0 Å². The van der Waals surface area contributed by atoms with Gasteiger partial charge < -0.3 is 14.2 Å². The lowest BCUT2D eigenvalue weighted by Crippen LogP contribution is -2.05. The zero-order valence-corrected chi connectivity index (χ0v) is 8.31. The molecule has 0 amide bonds. The molecular formula is C12H12O3. The molecule has 0 atom stereocenters. The maximum absolute atomic E-state index is 5.38. The van der Waals surface area contributed by atoms with E-state index in [0.29, 0.717) is 23.7 Å². The van der Waals surface area contributed by atoms with Crippen molar-refractivity contribution in [3.63, 3.8) is 0 Å². The molecule has 2 rings (SSSR count). The summed E-state index contributed by atoms with van der Waals surface area (Å²) in [5, 5.41) is 0. The van der Waals surface area contributed by atoms with Gasteiger partial charge in [0.05, 0.1) is 6.26 Å². The van der Waals surface area contributed by atoms with E-state index in [1.165, 1.54) is 12.5 Å². The van der Waals surface area contributed by atoms with Crippen LogP contribution in [-0.2, 0) is 14.2 Å². The van der Waals surface area contributed by atoms with Crippen molar-refractivity contribution in [1.29, 1.82) is 0 Å². The van der Waals surface area contributed by atoms with Crippen molar-refractivity contribution in [1.82, 2.24) is 0 Å². The Labute approximate surface area is 88.6 Å². The molecule has 0 spiro atoms. The van der Waals surface area contributed by atoms with Gasteiger partial charge in [-0.05, 0) is 18.6 Å². The average molecular weight is 204 g/mol. The summed E-state index contributed by atoms with van der Waals surface area (Å²) in [4.78, 5) is 0. The number of hydrogen-bond donors (Lipinski definition) is 0. The Morgan fingerprint density at radius 2 is 2.07 bits per heavy atom. The molecule has 0 fully saturated rings. The zero-order valence-electron chi connectivity index (χ0n) is 8.31. The lowest BCUT2D eigenvalue weighted by Gasteiger charge is -2.18. The standard InChI is InChI=1S/C12H12O3/c1-2-5-10-12(15-9-8-14-10)11-6-3-4-7-13-11/h2,4,6-9H,1,3,5H2. The number of rotatable bonds is 3. The highest BCUT2D eigenvalue weighted by atomic mass is 16.6. The molecule has 0 N–H and O–H groups in total. The van der Waals surface area contributed by atoms with Gasteiger partial charge in [-0.1, -0.05) is 6.08 Å². The summed E-state index contributed by atoms with van der Waals surface area (Å²) in [6, 6.07) is 0. The van der Waals surface area contributed by atoms with Crippen molar-refractivity contribution < 1.29 is 14.2 Å². The first-order valence-corrected chi connectivity index (χ1v) is 4.76. The minimum atomic E-state index is 0.615. The maximum atomic E-state index is 5.38. The molecule has 2 heterocycles. The number of allylic oxidation sites excluding steroid dienone is 3. The highest BCUT2D eigenvalue weighted by Gasteiger charge is 2.18. The molecule has 78 valence electrons. The van der Waals surface area contributed by atoms with E-state index in [4.69, 9.17) is 14.2 Å². The van der Waals surface area contributed by atoms with Gasteiger partial charge in [0.1, 0.15) is 12.5 Å². The minimum absolute atomic E-state index is 0.615. The second-order valence-electron chi connectivity index (χ2n) is 3.05. The molecule has 3 nitrogen and oxygen atoms in total. The number of hydrogen-bond acceptors (Lipinski definition) is 3. The van der Waals surface area contributed by atoms with E-state index in [1.807, 2.05) is 12.2 Å². The Morgan fingerprint density at radius 1 is 1.20 bits per heavy atom. The molecule has 0 aromatic carbocycles. The third-order valence-corrected chi connectivity index (χ3v) is 1.99. The van der Waals surface area contributed by atoms with Crippen molar-refractivity contribution >= 4 is 0 Å². The van der Waals surface area contributed by atoms with E-state index in [1.54, 1.807) is 12.3 Å². The van der Waals surface area contributed by atoms with Crippen LogP contribution < -0.4 is 0 Å². The molecule has 0 bridgehead atoms. The van der Waals surface area contributed by atoms with Gasteiger partial charge in [0.2, 0.25) is 5.76 Å². The largest absolute Gasteiger partial charge is 0.462 e. The first-order chi connectivity index (χ1) is 7.42. The smallest absolute Gasteiger partial charge is 0.207 e. The molecular weight excluding hydrogens is 192 g/mol. The van der Waals surface area contributed by atoms with Crippen LogP contribution in [0.2, 0.25) is 0 Å². The van der Waals surface area contributed by atoms with E-state index in [0.717, 1.165) is 6.42 Å². The third-order valence-electron chi connectivity index (χ3n) is 1.99. The summed E-state index contributed by atoms with van der Waals surface area (Å²) in [6.45, 7) is 3.67. The first kappa shape index (κ1) is 9.65. The quantitative estimate of drug-likeness (QED) is 0.661. The molecule has 0 aromatic rings. The topological polar surface area (TPSA) is 27.7 Å². The molecule has 0 unspecified atom stereocenters. The van der Waals surface area contributed by atoms with E-state index >= 15 is 0 Å². The summed E-state index contributed by atoms with van der Waals surface area (Å²) in [7, 11) is 0. The van der Waals surface area contributed by atoms with Gasteiger partial charge in [0, 0.05) is 6.42 Å². The lowest BCUT2D eigenvalue weighted by atomic mass is 10.2. The van der Waals surface area contributed by atoms with Crippen LogP contribution in [0.15, 0.2) is 60.9 Å². The molecule has 2 aliphatic heterocycles. The van der Waals surface area contributed by atoms with Crippen molar-refractivity contribution in [3.05, 3.63) is 60.9 Å². The SMILES string of the molecule is C=CCC1=C(C2=CCC=CO2)OC=CO1. The Kier molecular flexibility index (Phi) is 2.93. The van der Waals surface area contributed by atoms with E-state index < -0.39 is 0 Å². The van der Waals surface area contributed by atoms with Gasteiger partial charge in [0.15, 0.2) is 11.5 Å². The fraction of sp³-hybridized carbons (Fsp3) is 0.167. The molecule has 15 heavy (non-hydrogen) atoms. The predicted octanol–water partition coefficient (Wildman–Crippen LogP) is 3.11. The fourth-order valence-corrected chi connectivity index (χ4v) is 1.34. The fourth-order valence-electron chi connectivity index (χ4n) is 1.34. The third kappa shape index (κ3) is 2.13. The maximum Gasteiger partial charge on any atom is 0.207 e. The van der Waals surface area contributed by atoms with Crippen LogP contribution in [0.1, 0.15) is 12.8 Å². The van der Waals surface area contributed by atoms with Gasteiger partial charge in [-0.25, -0.2) is 0 Å². The second kappa shape index (κ2) is 4.55. The molecule has 0 saturated carbocycles. The number of ether oxygens (including phenoxy) is 3. The second-order valence-corrected chi connectivity index (χ2v) is 3.05. The first-order valence-electron chi connectivity index (χ1n) is 4.76. The molecule has 0 saturated heterocycles. The zero-order chi connectivity index (χ0) is 10.5. The van der Waals surface area contributed by atoms with Crippen LogP contribution in [-0.4, -0.2) is 0 Å². The summed E-state index contributed by atoms with van der Waals surface area (Å²) >= 11 is 0. The van der Waals surface area contributed by atoms with Crippen LogP contribution in [0, 0.1) is 0 Å². The predicted molar refractivity (Wildman–Crippen MR) is 56.1 cm³/mol. The van der Waals surface area contributed by atoms with Crippen LogP contribution in [0.4, 0.5) is 0 Å². The Hall–Kier alpha value is -1.90. The van der Waals surface area contributed by atoms with Crippen molar-refractivity contribution in [2.24, 2.45) is 0 Å². The minimum Gasteiger partial charge on any atom is -0.462 e. The van der Waals surface area contributed by atoms with Crippen LogP contribution in [0.3, 0.4) is 0 Å². The van der Waals surface area contributed by atoms with Crippen LogP contribution in [0.25, 0.3) is 0 Å². The van der Waals surface area contributed by atoms with Gasteiger partial charge in [0.25, 0.3) is 0 Å². The van der Waals surface area contributed by atoms with Crippen LogP contribution in [0.5, 0.6) is 0 Å². The van der Waals surface area contributed by atoms with Crippen LogP contribution >= 0.6 is 0 Å². The Balaban J connectivity index is 2.22. The summed E-state index contributed by atoms with van der Waals surface area (Å²) in [5.74, 6) is 2.04. The van der Waals surface area contributed by atoms with E-state index in [2.05, 4.69) is 6.58 Å². The molecule has 2 aliphatic rings. The summed E-state index contributed by atoms with van der Waals surface area (Å²) < 4.78 is 16.1. The summed E-state index contributed by atoms with van der Waals surface area (Å²) in [6.07, 6.45) is 11.7. The van der Waals surface area contributed by atoms with Crippen molar-refractivity contribution in [2.75, 3.05) is 0 Å². The Bertz CT molecular complexity index is 368. The van der Waals surface area contributed by atoms with Gasteiger partial charge in [-0.2, -0.15) is 0 Å².